The van der Waals surface area contributed by atoms with Gasteiger partial charge in [0.1, 0.15) is 0 Å². The highest BCUT2D eigenvalue weighted by molar-refractivity contribution is 7.80. The summed E-state index contributed by atoms with van der Waals surface area (Å²) in [4.78, 5) is 1.45. The van der Waals surface area contributed by atoms with E-state index in [1.54, 1.807) is 0 Å². The summed E-state index contributed by atoms with van der Waals surface area (Å²) in [6.07, 6.45) is 5.75. The maximum Gasteiger partial charge on any atom is 0.0115 e. The first-order chi connectivity index (χ1) is 7.51. The fourth-order valence-electron chi connectivity index (χ4n) is 5.56. The number of hydrogen-bond donors (Lipinski definition) is 0. The van der Waals surface area contributed by atoms with E-state index < -0.39 is 0 Å². The fraction of sp³-hybridized carbons (Fsp3) is 0.933. The molecule has 3 saturated carbocycles. The molecule has 0 N–H and O–H groups in total. The van der Waals surface area contributed by atoms with Crippen LogP contribution in [0.15, 0.2) is 0 Å². The van der Waals surface area contributed by atoms with Crippen LogP contribution in [-0.4, -0.2) is 4.86 Å². The average Bonchev–Trinajstić information content (AvgIpc) is 2.98. The number of hydrogen-bond acceptors (Lipinski definition) is 1. The van der Waals surface area contributed by atoms with Crippen LogP contribution < -0.4 is 0 Å². The van der Waals surface area contributed by atoms with Gasteiger partial charge in [0.25, 0.3) is 0 Å². The molecule has 0 heterocycles. The fourth-order valence-corrected chi connectivity index (χ4v) is 6.15. The van der Waals surface area contributed by atoms with Crippen LogP contribution in [0.5, 0.6) is 0 Å². The Labute approximate surface area is 105 Å². The van der Waals surface area contributed by atoms with Crippen LogP contribution in [0.25, 0.3) is 0 Å². The Balaban J connectivity index is 1.91. The van der Waals surface area contributed by atoms with Crippen LogP contribution in [-0.2, 0) is 0 Å². The lowest BCUT2D eigenvalue weighted by Crippen LogP contribution is -2.67. The second-order valence-electron chi connectivity index (χ2n) is 6.86. The van der Waals surface area contributed by atoms with Crippen LogP contribution in [0.2, 0.25) is 0 Å². The predicted octanol–water partition coefficient (Wildman–Crippen LogP) is 4.47. The predicted molar refractivity (Wildman–Crippen MR) is 72.6 cm³/mol. The third-order valence-electron chi connectivity index (χ3n) is 6.26. The van der Waals surface area contributed by atoms with Crippen molar-refractivity contribution in [2.45, 2.75) is 53.4 Å². The minimum Gasteiger partial charge on any atom is -0.0887 e. The molecule has 90 valence electrons. The lowest BCUT2D eigenvalue weighted by Gasteiger charge is -2.68. The SMILES string of the molecule is CCC1CC12CCC21C(=S)C(C)C1C(C)C. The summed E-state index contributed by atoms with van der Waals surface area (Å²) in [6.45, 7) is 9.54. The highest BCUT2D eigenvalue weighted by Gasteiger charge is 2.79. The van der Waals surface area contributed by atoms with E-state index in [1.165, 1.54) is 30.5 Å². The first kappa shape index (κ1) is 11.2. The Hall–Kier alpha value is 0.0900. The topological polar surface area (TPSA) is 0 Å². The molecule has 0 saturated heterocycles. The van der Waals surface area contributed by atoms with Gasteiger partial charge in [0.2, 0.25) is 0 Å². The van der Waals surface area contributed by atoms with Gasteiger partial charge in [-0.05, 0) is 48.3 Å². The normalized spacial score (nSPS) is 54.3. The molecule has 2 spiro atoms. The molecule has 16 heavy (non-hydrogen) atoms. The molecule has 0 nitrogen and oxygen atoms in total. The first-order valence-corrected chi connectivity index (χ1v) is 7.46. The molecular formula is C15H24S. The Bertz CT molecular complexity index is 345. The molecule has 0 radical (unpaired) electrons. The lowest BCUT2D eigenvalue weighted by atomic mass is 9.37. The van der Waals surface area contributed by atoms with Gasteiger partial charge in [-0.15, -0.1) is 0 Å². The van der Waals surface area contributed by atoms with Gasteiger partial charge in [-0.2, -0.15) is 0 Å². The highest BCUT2D eigenvalue weighted by Crippen LogP contribution is 2.83. The third kappa shape index (κ3) is 0.925. The minimum absolute atomic E-state index is 0.524. The van der Waals surface area contributed by atoms with Gasteiger partial charge >= 0.3 is 0 Å². The van der Waals surface area contributed by atoms with Gasteiger partial charge in [0.15, 0.2) is 0 Å². The molecule has 3 rings (SSSR count). The van der Waals surface area contributed by atoms with Crippen molar-refractivity contribution in [3.8, 4) is 0 Å². The van der Waals surface area contributed by atoms with E-state index in [9.17, 15) is 0 Å². The Morgan fingerprint density at radius 2 is 2.06 bits per heavy atom. The van der Waals surface area contributed by atoms with Crippen molar-refractivity contribution >= 4 is 17.1 Å². The zero-order valence-electron chi connectivity index (χ0n) is 11.0. The van der Waals surface area contributed by atoms with Crippen molar-refractivity contribution in [1.82, 2.24) is 0 Å². The van der Waals surface area contributed by atoms with E-state index in [4.69, 9.17) is 12.2 Å². The van der Waals surface area contributed by atoms with E-state index >= 15 is 0 Å². The third-order valence-corrected chi connectivity index (χ3v) is 6.99. The summed E-state index contributed by atoms with van der Waals surface area (Å²) in [7, 11) is 0. The Morgan fingerprint density at radius 1 is 1.38 bits per heavy atom. The molecule has 0 amide bonds. The summed E-state index contributed by atoms with van der Waals surface area (Å²) in [5, 5.41) is 0. The zero-order valence-corrected chi connectivity index (χ0v) is 11.9. The molecule has 5 atom stereocenters. The Kier molecular flexibility index (Phi) is 2.17. The first-order valence-electron chi connectivity index (χ1n) is 7.05. The van der Waals surface area contributed by atoms with Gasteiger partial charge < -0.3 is 0 Å². The Morgan fingerprint density at radius 3 is 2.44 bits per heavy atom. The van der Waals surface area contributed by atoms with Crippen molar-refractivity contribution in [2.75, 3.05) is 0 Å². The number of fused-ring (bicyclic) bond motifs is 1. The summed E-state index contributed by atoms with van der Waals surface area (Å²) in [6, 6.07) is 0. The van der Waals surface area contributed by atoms with E-state index in [0.717, 1.165) is 17.8 Å². The highest BCUT2D eigenvalue weighted by atomic mass is 32.1. The molecule has 5 unspecified atom stereocenters. The summed E-state index contributed by atoms with van der Waals surface area (Å²) in [5.74, 6) is 3.43. The van der Waals surface area contributed by atoms with Gasteiger partial charge in [0.05, 0.1) is 0 Å². The second-order valence-corrected chi connectivity index (χ2v) is 7.30. The zero-order chi connectivity index (χ0) is 11.7. The molecule has 0 aliphatic heterocycles. The number of thiocarbonyl (C=S) groups is 1. The maximum absolute atomic E-state index is 5.78. The largest absolute Gasteiger partial charge is 0.0887 e. The summed E-state index contributed by atoms with van der Waals surface area (Å²) in [5.41, 5.74) is 1.22. The summed E-state index contributed by atoms with van der Waals surface area (Å²) < 4.78 is 0. The lowest BCUT2D eigenvalue weighted by molar-refractivity contribution is -0.0723. The monoisotopic (exact) mass is 236 g/mol. The number of rotatable bonds is 2. The second kappa shape index (κ2) is 3.10. The molecule has 1 heteroatoms. The summed E-state index contributed by atoms with van der Waals surface area (Å²) >= 11 is 5.78. The van der Waals surface area contributed by atoms with Crippen LogP contribution in [0, 0.1) is 34.5 Å². The van der Waals surface area contributed by atoms with Crippen LogP contribution in [0.1, 0.15) is 53.4 Å². The molecule has 3 fully saturated rings. The van der Waals surface area contributed by atoms with Crippen molar-refractivity contribution < 1.29 is 0 Å². The molecule has 3 aliphatic rings. The van der Waals surface area contributed by atoms with Gasteiger partial charge in [-0.1, -0.05) is 46.3 Å². The molecule has 0 aromatic carbocycles. The van der Waals surface area contributed by atoms with E-state index in [-0.39, 0.29) is 0 Å². The van der Waals surface area contributed by atoms with E-state index in [2.05, 4.69) is 27.7 Å². The minimum atomic E-state index is 0.524. The van der Waals surface area contributed by atoms with Crippen molar-refractivity contribution in [2.24, 2.45) is 34.5 Å². The average molecular weight is 236 g/mol. The standard InChI is InChI=1S/C15H24S/c1-5-11-8-14(11)6-7-15(14)12(9(2)3)10(4)13(15)16/h9-12H,5-8H2,1-4H3. The van der Waals surface area contributed by atoms with Gasteiger partial charge in [-0.3, -0.25) is 0 Å². The van der Waals surface area contributed by atoms with Gasteiger partial charge in [-0.25, -0.2) is 0 Å². The smallest absolute Gasteiger partial charge is 0.0115 e. The molecule has 3 aliphatic carbocycles. The van der Waals surface area contributed by atoms with Crippen molar-refractivity contribution in [3.63, 3.8) is 0 Å². The van der Waals surface area contributed by atoms with E-state index in [0.29, 0.717) is 16.7 Å². The molecular weight excluding hydrogens is 212 g/mol. The van der Waals surface area contributed by atoms with E-state index in [1.807, 2.05) is 0 Å². The quantitative estimate of drug-likeness (QED) is 0.637. The van der Waals surface area contributed by atoms with Crippen LogP contribution in [0.4, 0.5) is 0 Å². The maximum atomic E-state index is 5.78. The van der Waals surface area contributed by atoms with Gasteiger partial charge in [0, 0.05) is 10.3 Å². The molecule has 0 aromatic rings. The molecule has 0 bridgehead atoms. The van der Waals surface area contributed by atoms with Crippen LogP contribution in [0.3, 0.4) is 0 Å². The van der Waals surface area contributed by atoms with Crippen molar-refractivity contribution in [1.29, 1.82) is 0 Å². The van der Waals surface area contributed by atoms with Crippen molar-refractivity contribution in [3.05, 3.63) is 0 Å². The van der Waals surface area contributed by atoms with Crippen LogP contribution >= 0.6 is 12.2 Å². The molecule has 0 aromatic heterocycles.